The van der Waals surface area contributed by atoms with Gasteiger partial charge in [-0.05, 0) is 0 Å². The SMILES string of the molecule is C[SiH](C)CC(Br)[Si](C)(C)C. The number of alkyl halides is 1. The summed E-state index contributed by atoms with van der Waals surface area (Å²) in [6.45, 7) is 12.2. The van der Waals surface area contributed by atoms with E-state index in [4.69, 9.17) is 0 Å². The summed E-state index contributed by atoms with van der Waals surface area (Å²) >= 11 is 3.80. The van der Waals surface area contributed by atoms with Crippen LogP contribution in [0.3, 0.4) is 0 Å². The second kappa shape index (κ2) is 4.07. The lowest BCUT2D eigenvalue weighted by molar-refractivity contribution is 1.27. The van der Waals surface area contributed by atoms with E-state index in [2.05, 4.69) is 48.7 Å². The lowest BCUT2D eigenvalue weighted by Gasteiger charge is -2.24. The molecule has 1 unspecified atom stereocenters. The fraction of sp³-hybridized carbons (Fsp3) is 1.00. The van der Waals surface area contributed by atoms with Crippen LogP contribution in [-0.4, -0.2) is 21.3 Å². The van der Waals surface area contributed by atoms with Gasteiger partial charge in [-0.2, -0.15) is 0 Å². The van der Waals surface area contributed by atoms with Crippen LogP contribution in [0.1, 0.15) is 0 Å². The highest BCUT2D eigenvalue weighted by Crippen LogP contribution is 2.21. The maximum absolute atomic E-state index is 3.80. The predicted octanol–water partition coefficient (Wildman–Crippen LogP) is 3.11. The van der Waals surface area contributed by atoms with Crippen LogP contribution in [0.4, 0.5) is 0 Å². The third-order valence-electron chi connectivity index (χ3n) is 1.62. The molecule has 1 atom stereocenters. The minimum absolute atomic E-state index is 0.340. The normalized spacial score (nSPS) is 15.9. The molecule has 0 aliphatic rings. The first kappa shape index (κ1) is 10.9. The molecule has 0 fully saturated rings. The Morgan fingerprint density at radius 1 is 1.30 bits per heavy atom. The Morgan fingerprint density at radius 3 is 1.80 bits per heavy atom. The van der Waals surface area contributed by atoms with E-state index in [0.29, 0.717) is 0 Å². The van der Waals surface area contributed by atoms with Gasteiger partial charge in [0.1, 0.15) is 0 Å². The van der Waals surface area contributed by atoms with Crippen molar-refractivity contribution in [2.24, 2.45) is 0 Å². The molecule has 0 rings (SSSR count). The fourth-order valence-corrected chi connectivity index (χ4v) is 8.08. The van der Waals surface area contributed by atoms with Gasteiger partial charge in [0.2, 0.25) is 0 Å². The number of rotatable bonds is 3. The second-order valence-corrected chi connectivity index (χ2v) is 15.1. The molecule has 0 amide bonds. The molecule has 0 heterocycles. The van der Waals surface area contributed by atoms with Crippen molar-refractivity contribution in [1.29, 1.82) is 0 Å². The third kappa shape index (κ3) is 4.69. The molecule has 0 nitrogen and oxygen atoms in total. The number of hydrogen-bond donors (Lipinski definition) is 0. The molecule has 0 bridgehead atoms. The van der Waals surface area contributed by atoms with Crippen LogP contribution >= 0.6 is 15.9 Å². The molecule has 0 aliphatic carbocycles. The molecule has 0 N–H and O–H groups in total. The summed E-state index contributed by atoms with van der Waals surface area (Å²) in [7, 11) is -1.21. The topological polar surface area (TPSA) is 0 Å². The summed E-state index contributed by atoms with van der Waals surface area (Å²) in [6, 6.07) is 1.47. The highest BCUT2D eigenvalue weighted by atomic mass is 79.9. The monoisotopic (exact) mass is 238 g/mol. The molecule has 0 spiro atoms. The van der Waals surface area contributed by atoms with Crippen LogP contribution < -0.4 is 0 Å². The first-order chi connectivity index (χ1) is 4.34. The van der Waals surface area contributed by atoms with Gasteiger partial charge in [-0.3, -0.25) is 0 Å². The van der Waals surface area contributed by atoms with E-state index in [1.54, 1.807) is 0 Å². The average molecular weight is 239 g/mol. The standard InChI is InChI=1S/C7H19BrSi2/c1-9(2)6-7(8)10(3,4)5/h7,9H,6H2,1-5H3. The average Bonchev–Trinajstić information content (AvgIpc) is 1.60. The van der Waals surface area contributed by atoms with Crippen molar-refractivity contribution in [1.82, 2.24) is 0 Å². The van der Waals surface area contributed by atoms with E-state index >= 15 is 0 Å². The van der Waals surface area contributed by atoms with E-state index in [1.807, 2.05) is 0 Å². The molecule has 62 valence electrons. The Bertz CT molecular complexity index is 96.3. The van der Waals surface area contributed by atoms with Crippen molar-refractivity contribution in [3.05, 3.63) is 0 Å². The van der Waals surface area contributed by atoms with Crippen LogP contribution in [0.25, 0.3) is 0 Å². The van der Waals surface area contributed by atoms with E-state index in [0.717, 1.165) is 4.45 Å². The van der Waals surface area contributed by atoms with Gasteiger partial charge in [-0.25, -0.2) is 0 Å². The van der Waals surface area contributed by atoms with Crippen LogP contribution in [-0.2, 0) is 0 Å². The Morgan fingerprint density at radius 2 is 1.70 bits per heavy atom. The summed E-state index contributed by atoms with van der Waals surface area (Å²) in [5.41, 5.74) is 0. The Labute approximate surface area is 76.2 Å². The summed E-state index contributed by atoms with van der Waals surface area (Å²) in [5.74, 6) is 0. The molecule has 0 radical (unpaired) electrons. The van der Waals surface area contributed by atoms with Crippen molar-refractivity contribution in [3.63, 3.8) is 0 Å². The Hall–Kier alpha value is 0.914. The predicted molar refractivity (Wildman–Crippen MR) is 59.7 cm³/mol. The number of hydrogen-bond acceptors (Lipinski definition) is 0. The zero-order valence-corrected chi connectivity index (χ0v) is 11.5. The van der Waals surface area contributed by atoms with Crippen molar-refractivity contribution >= 4 is 32.8 Å². The van der Waals surface area contributed by atoms with Gasteiger partial charge in [0.05, 0.1) is 8.07 Å². The van der Waals surface area contributed by atoms with Gasteiger partial charge in [0.25, 0.3) is 0 Å². The summed E-state index contributed by atoms with van der Waals surface area (Å²) in [4.78, 5) is 0. The summed E-state index contributed by atoms with van der Waals surface area (Å²) in [6.07, 6.45) is 0. The first-order valence-electron chi connectivity index (χ1n) is 3.98. The molecule has 10 heavy (non-hydrogen) atoms. The van der Waals surface area contributed by atoms with Gasteiger partial charge in [0.15, 0.2) is 0 Å². The smallest absolute Gasteiger partial charge is 0.0591 e. The summed E-state index contributed by atoms with van der Waals surface area (Å²) in [5, 5.41) is 0. The van der Waals surface area contributed by atoms with Gasteiger partial charge in [0, 0.05) is 13.2 Å². The zero-order chi connectivity index (χ0) is 8.36. The van der Waals surface area contributed by atoms with Crippen LogP contribution in [0.2, 0.25) is 38.8 Å². The first-order valence-corrected chi connectivity index (χ1v) is 11.6. The minimum Gasteiger partial charge on any atom is -0.0928 e. The molecule has 0 aromatic carbocycles. The molecule has 3 heteroatoms. The maximum Gasteiger partial charge on any atom is 0.0591 e. The second-order valence-electron chi connectivity index (χ2n) is 4.46. The molecule has 0 saturated carbocycles. The van der Waals surface area contributed by atoms with Gasteiger partial charge >= 0.3 is 0 Å². The van der Waals surface area contributed by atoms with E-state index in [9.17, 15) is 0 Å². The van der Waals surface area contributed by atoms with Crippen molar-refractivity contribution < 1.29 is 0 Å². The van der Waals surface area contributed by atoms with Gasteiger partial charge < -0.3 is 0 Å². The molecule has 0 aromatic heterocycles. The fourth-order valence-electron chi connectivity index (χ4n) is 0.767. The zero-order valence-electron chi connectivity index (χ0n) is 7.74. The van der Waals surface area contributed by atoms with Crippen molar-refractivity contribution in [2.45, 2.75) is 43.2 Å². The van der Waals surface area contributed by atoms with Gasteiger partial charge in [-0.15, -0.1) is 0 Å². The molecule has 0 aromatic rings. The van der Waals surface area contributed by atoms with Crippen LogP contribution in [0.15, 0.2) is 0 Å². The van der Waals surface area contributed by atoms with E-state index in [-0.39, 0.29) is 8.80 Å². The Balaban J connectivity index is 3.73. The third-order valence-corrected chi connectivity index (χ3v) is 10.8. The minimum atomic E-state index is -0.872. The summed E-state index contributed by atoms with van der Waals surface area (Å²) < 4.78 is 0.853. The van der Waals surface area contributed by atoms with E-state index < -0.39 is 8.07 Å². The van der Waals surface area contributed by atoms with Crippen molar-refractivity contribution in [2.75, 3.05) is 0 Å². The molecule has 0 aliphatic heterocycles. The molecular formula is C7H19BrSi2. The Kier molecular flexibility index (Phi) is 4.44. The molecule has 0 saturated heterocycles. The quantitative estimate of drug-likeness (QED) is 0.524. The largest absolute Gasteiger partial charge is 0.0928 e. The lowest BCUT2D eigenvalue weighted by Crippen LogP contribution is -2.35. The van der Waals surface area contributed by atoms with E-state index in [1.165, 1.54) is 6.04 Å². The van der Waals surface area contributed by atoms with Gasteiger partial charge in [-0.1, -0.05) is 54.7 Å². The highest BCUT2D eigenvalue weighted by molar-refractivity contribution is 9.10. The molecular weight excluding hydrogens is 220 g/mol. The van der Waals surface area contributed by atoms with Crippen LogP contribution in [0.5, 0.6) is 0 Å². The number of halogens is 1. The maximum atomic E-state index is 3.80. The van der Waals surface area contributed by atoms with Crippen molar-refractivity contribution in [3.8, 4) is 0 Å². The van der Waals surface area contributed by atoms with Crippen LogP contribution in [0, 0.1) is 0 Å². The lowest BCUT2D eigenvalue weighted by atomic mass is 10.9. The highest BCUT2D eigenvalue weighted by Gasteiger charge is 2.24.